The number of nitrogen functional groups attached to an aromatic ring is 1. The first-order valence-electron chi connectivity index (χ1n) is 6.85. The highest BCUT2D eigenvalue weighted by atomic mass is 19.4. The molecule has 0 atom stereocenters. The summed E-state index contributed by atoms with van der Waals surface area (Å²) in [4.78, 5) is 13.6. The number of nitrogens with zero attached hydrogens (tertiary/aromatic N) is 1. The minimum absolute atomic E-state index is 0.285. The smallest absolute Gasteiger partial charge is 0.399 e. The average molecular weight is 300 g/mol. The molecule has 0 saturated heterocycles. The molecule has 116 valence electrons. The maximum Gasteiger partial charge on any atom is 0.406 e. The van der Waals surface area contributed by atoms with Crippen molar-refractivity contribution in [3.05, 3.63) is 29.8 Å². The third-order valence-electron chi connectivity index (χ3n) is 3.77. The van der Waals surface area contributed by atoms with Gasteiger partial charge in [-0.25, -0.2) is 0 Å². The predicted octanol–water partition coefficient (Wildman–Crippen LogP) is 3.10. The Balaban J connectivity index is 2.24. The molecular weight excluding hydrogens is 281 g/mol. The van der Waals surface area contributed by atoms with Crippen LogP contribution in [0.15, 0.2) is 24.3 Å². The van der Waals surface area contributed by atoms with Crippen molar-refractivity contribution in [3.63, 3.8) is 0 Å². The van der Waals surface area contributed by atoms with Crippen molar-refractivity contribution in [2.75, 3.05) is 12.3 Å². The monoisotopic (exact) mass is 300 g/mol. The number of anilines is 1. The van der Waals surface area contributed by atoms with Crippen molar-refractivity contribution < 1.29 is 18.0 Å². The van der Waals surface area contributed by atoms with E-state index in [-0.39, 0.29) is 6.04 Å². The number of nitrogens with two attached hydrogens (primary N) is 1. The lowest BCUT2D eigenvalue weighted by atomic mass is 9.83. The minimum Gasteiger partial charge on any atom is -0.399 e. The molecule has 1 aromatic carbocycles. The second-order valence-corrected chi connectivity index (χ2v) is 6.03. The Bertz CT molecular complexity index is 519. The van der Waals surface area contributed by atoms with Gasteiger partial charge in [0.15, 0.2) is 0 Å². The molecule has 0 heterocycles. The maximum atomic E-state index is 12.7. The Morgan fingerprint density at radius 2 is 1.76 bits per heavy atom. The molecule has 1 aliphatic rings. The number of amides is 1. The quantitative estimate of drug-likeness (QED) is 0.869. The first kappa shape index (κ1) is 15.7. The first-order valence-corrected chi connectivity index (χ1v) is 6.85. The van der Waals surface area contributed by atoms with Crippen molar-refractivity contribution in [2.24, 2.45) is 0 Å². The fraction of sp³-hybridized carbons (Fsp3) is 0.533. The van der Waals surface area contributed by atoms with Crippen molar-refractivity contribution in [2.45, 2.75) is 44.3 Å². The van der Waals surface area contributed by atoms with Gasteiger partial charge in [-0.15, -0.1) is 0 Å². The summed E-state index contributed by atoms with van der Waals surface area (Å²) in [5, 5.41) is 0. The van der Waals surface area contributed by atoms with Crippen LogP contribution in [-0.2, 0) is 10.2 Å². The molecule has 3 nitrogen and oxygen atoms in total. The molecule has 1 aliphatic carbocycles. The van der Waals surface area contributed by atoms with Gasteiger partial charge in [0.05, 0.1) is 5.41 Å². The largest absolute Gasteiger partial charge is 0.406 e. The highest BCUT2D eigenvalue weighted by molar-refractivity contribution is 5.88. The van der Waals surface area contributed by atoms with E-state index in [0.29, 0.717) is 24.1 Å². The highest BCUT2D eigenvalue weighted by Gasteiger charge is 2.45. The number of halogens is 3. The third kappa shape index (κ3) is 3.68. The van der Waals surface area contributed by atoms with Gasteiger partial charge in [-0.05, 0) is 44.4 Å². The van der Waals surface area contributed by atoms with Crippen LogP contribution in [0.25, 0.3) is 0 Å². The molecule has 21 heavy (non-hydrogen) atoms. The first-order chi connectivity index (χ1) is 9.61. The second kappa shape index (κ2) is 5.24. The fourth-order valence-corrected chi connectivity index (χ4v) is 2.33. The Kier molecular flexibility index (Phi) is 3.91. The lowest BCUT2D eigenvalue weighted by Crippen LogP contribution is -2.48. The van der Waals surface area contributed by atoms with Gasteiger partial charge in [-0.1, -0.05) is 12.1 Å². The van der Waals surface area contributed by atoms with Gasteiger partial charge in [0.2, 0.25) is 5.91 Å². The van der Waals surface area contributed by atoms with E-state index in [9.17, 15) is 18.0 Å². The molecular formula is C15H19F3N2O. The molecule has 1 amide bonds. The molecule has 2 N–H and O–H groups in total. The highest BCUT2D eigenvalue weighted by Crippen LogP contribution is 2.35. The van der Waals surface area contributed by atoms with Crippen molar-refractivity contribution in [1.82, 2.24) is 4.90 Å². The van der Waals surface area contributed by atoms with Crippen LogP contribution < -0.4 is 5.73 Å². The summed E-state index contributed by atoms with van der Waals surface area (Å²) < 4.78 is 38.1. The van der Waals surface area contributed by atoms with Gasteiger partial charge in [0.1, 0.15) is 6.54 Å². The zero-order chi connectivity index (χ0) is 15.8. The lowest BCUT2D eigenvalue weighted by molar-refractivity contribution is -0.165. The average Bonchev–Trinajstić information content (AvgIpc) is 3.19. The van der Waals surface area contributed by atoms with Gasteiger partial charge in [0, 0.05) is 11.7 Å². The fourth-order valence-electron chi connectivity index (χ4n) is 2.33. The number of rotatable bonds is 4. The Labute approximate surface area is 121 Å². The van der Waals surface area contributed by atoms with E-state index in [1.165, 1.54) is 0 Å². The minimum atomic E-state index is -4.38. The third-order valence-corrected chi connectivity index (χ3v) is 3.77. The van der Waals surface area contributed by atoms with Gasteiger partial charge < -0.3 is 10.6 Å². The summed E-state index contributed by atoms with van der Waals surface area (Å²) in [6.07, 6.45) is -3.10. The summed E-state index contributed by atoms with van der Waals surface area (Å²) >= 11 is 0. The van der Waals surface area contributed by atoms with Crippen LogP contribution >= 0.6 is 0 Å². The van der Waals surface area contributed by atoms with E-state index in [2.05, 4.69) is 0 Å². The van der Waals surface area contributed by atoms with E-state index in [1.54, 1.807) is 38.1 Å². The van der Waals surface area contributed by atoms with E-state index < -0.39 is 24.0 Å². The van der Waals surface area contributed by atoms with Crippen LogP contribution in [0.5, 0.6) is 0 Å². The Morgan fingerprint density at radius 3 is 2.19 bits per heavy atom. The second-order valence-electron chi connectivity index (χ2n) is 6.03. The SMILES string of the molecule is CC(C)(C(=O)N(CC(F)(F)F)C1CC1)c1ccc(N)cc1. The normalized spacial score (nSPS) is 15.9. The van der Waals surface area contributed by atoms with E-state index in [1.807, 2.05) is 0 Å². The zero-order valence-electron chi connectivity index (χ0n) is 12.1. The van der Waals surface area contributed by atoms with E-state index in [4.69, 9.17) is 5.73 Å². The molecule has 0 aliphatic heterocycles. The number of carbonyl (C=O) groups excluding carboxylic acids is 1. The van der Waals surface area contributed by atoms with Crippen molar-refractivity contribution in [1.29, 1.82) is 0 Å². The zero-order valence-corrected chi connectivity index (χ0v) is 12.1. The molecule has 1 fully saturated rings. The predicted molar refractivity (Wildman–Crippen MR) is 74.7 cm³/mol. The van der Waals surface area contributed by atoms with Gasteiger partial charge in [0.25, 0.3) is 0 Å². The maximum absolute atomic E-state index is 12.7. The molecule has 0 bridgehead atoms. The topological polar surface area (TPSA) is 46.3 Å². The Hall–Kier alpha value is -1.72. The molecule has 0 radical (unpaired) electrons. The van der Waals surface area contributed by atoms with Crippen molar-refractivity contribution >= 4 is 11.6 Å². The molecule has 0 aromatic heterocycles. The summed E-state index contributed by atoms with van der Waals surface area (Å²) in [7, 11) is 0. The molecule has 2 rings (SSSR count). The van der Waals surface area contributed by atoms with Gasteiger partial charge >= 0.3 is 6.18 Å². The van der Waals surface area contributed by atoms with E-state index in [0.717, 1.165) is 4.90 Å². The number of hydrogen-bond donors (Lipinski definition) is 1. The molecule has 6 heteroatoms. The standard InChI is InChI=1S/C15H19F3N2O/c1-14(2,10-3-5-11(19)6-4-10)13(21)20(12-7-8-12)9-15(16,17)18/h3-6,12H,7-9,19H2,1-2H3. The van der Waals surface area contributed by atoms with Crippen LogP contribution in [0.3, 0.4) is 0 Å². The number of alkyl halides is 3. The summed E-state index contributed by atoms with van der Waals surface area (Å²) in [5.74, 6) is -0.493. The van der Waals surface area contributed by atoms with Crippen LogP contribution in [0.1, 0.15) is 32.3 Å². The Morgan fingerprint density at radius 1 is 1.24 bits per heavy atom. The molecule has 1 aromatic rings. The molecule has 1 saturated carbocycles. The van der Waals surface area contributed by atoms with Crippen LogP contribution in [0.4, 0.5) is 18.9 Å². The van der Waals surface area contributed by atoms with Gasteiger partial charge in [-0.3, -0.25) is 4.79 Å². The van der Waals surface area contributed by atoms with Crippen LogP contribution in [0, 0.1) is 0 Å². The van der Waals surface area contributed by atoms with Crippen LogP contribution in [-0.4, -0.2) is 29.6 Å². The van der Waals surface area contributed by atoms with Crippen molar-refractivity contribution in [3.8, 4) is 0 Å². The molecule has 0 spiro atoms. The number of carbonyl (C=O) groups is 1. The van der Waals surface area contributed by atoms with E-state index >= 15 is 0 Å². The lowest BCUT2D eigenvalue weighted by Gasteiger charge is -2.33. The summed E-state index contributed by atoms with van der Waals surface area (Å²) in [5.41, 5.74) is 5.80. The van der Waals surface area contributed by atoms with Crippen LogP contribution in [0.2, 0.25) is 0 Å². The molecule has 0 unspecified atom stereocenters. The number of hydrogen-bond acceptors (Lipinski definition) is 2. The summed E-state index contributed by atoms with van der Waals surface area (Å²) in [6, 6.07) is 6.38. The number of benzene rings is 1. The van der Waals surface area contributed by atoms with Gasteiger partial charge in [-0.2, -0.15) is 13.2 Å². The summed E-state index contributed by atoms with van der Waals surface area (Å²) in [6.45, 7) is 2.11.